The van der Waals surface area contributed by atoms with Gasteiger partial charge in [-0.2, -0.15) is 0 Å². The summed E-state index contributed by atoms with van der Waals surface area (Å²) in [5, 5.41) is 0. The summed E-state index contributed by atoms with van der Waals surface area (Å²) >= 11 is 0. The van der Waals surface area contributed by atoms with Crippen LogP contribution in [0, 0.1) is 18.3 Å². The molecular weight excluding hydrogens is 356 g/mol. The lowest BCUT2D eigenvalue weighted by Crippen LogP contribution is -2.42. The Morgan fingerprint density at radius 1 is 1.38 bits per heavy atom. The average Bonchev–Trinajstić information content (AvgIpc) is 3.08. The van der Waals surface area contributed by atoms with Gasteiger partial charge in [0.25, 0.3) is 0 Å². The van der Waals surface area contributed by atoms with Gasteiger partial charge in [-0.3, -0.25) is 9.69 Å². The summed E-state index contributed by atoms with van der Waals surface area (Å²) in [6.07, 6.45) is 2.68. The van der Waals surface area contributed by atoms with Crippen molar-refractivity contribution in [3.8, 4) is 0 Å². The summed E-state index contributed by atoms with van der Waals surface area (Å²) < 4.78 is 36.7. The number of hydrogen-bond donors (Lipinski definition) is 0. The zero-order valence-corrected chi connectivity index (χ0v) is 16.5. The quantitative estimate of drug-likeness (QED) is 0.718. The van der Waals surface area contributed by atoms with E-state index < -0.39 is 15.4 Å². The standard InChI is InChI=1S/C18H28N2O5S/c1-4-24-17(21)18-8-5-9-19(12-16-7-6-14(2)25-16)10-15(18)11-20(13-18)26(3,22)23/h6-7,15H,4-5,8-13H2,1-3H3/t15-,18-/m0/s1. The van der Waals surface area contributed by atoms with Gasteiger partial charge < -0.3 is 9.15 Å². The van der Waals surface area contributed by atoms with Crippen LogP contribution in [-0.4, -0.2) is 62.6 Å². The first-order valence-corrected chi connectivity index (χ1v) is 11.0. The van der Waals surface area contributed by atoms with Crippen LogP contribution in [0.1, 0.15) is 31.3 Å². The SMILES string of the molecule is CCOC(=O)[C@]12CCCN(Cc3ccc(C)o3)C[C@H]1CN(S(C)(=O)=O)C2. The van der Waals surface area contributed by atoms with Crippen molar-refractivity contribution in [3.05, 3.63) is 23.7 Å². The summed E-state index contributed by atoms with van der Waals surface area (Å²) in [6.45, 7) is 6.78. The molecule has 2 saturated heterocycles. The molecule has 1 aromatic rings. The molecule has 0 amide bonds. The molecule has 3 heterocycles. The van der Waals surface area contributed by atoms with E-state index in [4.69, 9.17) is 9.15 Å². The van der Waals surface area contributed by atoms with Gasteiger partial charge in [-0.1, -0.05) is 0 Å². The molecule has 0 N–H and O–H groups in total. The third-order valence-electron chi connectivity index (χ3n) is 5.57. The average molecular weight is 384 g/mol. The van der Waals surface area contributed by atoms with Crippen molar-refractivity contribution in [2.75, 3.05) is 39.0 Å². The summed E-state index contributed by atoms with van der Waals surface area (Å²) in [4.78, 5) is 15.1. The molecule has 2 atom stereocenters. The molecular formula is C18H28N2O5S. The van der Waals surface area contributed by atoms with E-state index in [9.17, 15) is 13.2 Å². The van der Waals surface area contributed by atoms with Crippen molar-refractivity contribution < 1.29 is 22.4 Å². The second kappa shape index (κ2) is 7.32. The van der Waals surface area contributed by atoms with Crippen molar-refractivity contribution in [2.24, 2.45) is 11.3 Å². The van der Waals surface area contributed by atoms with E-state index in [2.05, 4.69) is 4.90 Å². The summed E-state index contributed by atoms with van der Waals surface area (Å²) in [7, 11) is -3.34. The molecule has 26 heavy (non-hydrogen) atoms. The zero-order valence-electron chi connectivity index (χ0n) is 15.7. The fourth-order valence-electron chi connectivity index (χ4n) is 4.26. The molecule has 1 aromatic heterocycles. The number of carbonyl (C=O) groups excluding carboxylic acids is 1. The van der Waals surface area contributed by atoms with E-state index in [0.29, 0.717) is 32.7 Å². The second-order valence-electron chi connectivity index (χ2n) is 7.48. The molecule has 7 nitrogen and oxygen atoms in total. The summed E-state index contributed by atoms with van der Waals surface area (Å²) in [5.74, 6) is 1.44. The first-order valence-electron chi connectivity index (χ1n) is 9.14. The number of aryl methyl sites for hydroxylation is 1. The van der Waals surface area contributed by atoms with E-state index in [1.165, 1.54) is 10.6 Å². The Hall–Kier alpha value is -1.38. The van der Waals surface area contributed by atoms with Crippen LogP contribution in [0.4, 0.5) is 0 Å². The predicted octanol–water partition coefficient (Wildman–Crippen LogP) is 1.62. The van der Waals surface area contributed by atoms with Crippen LogP contribution in [0.25, 0.3) is 0 Å². The van der Waals surface area contributed by atoms with Crippen LogP contribution in [0.3, 0.4) is 0 Å². The Morgan fingerprint density at radius 3 is 2.77 bits per heavy atom. The topological polar surface area (TPSA) is 80.1 Å². The van der Waals surface area contributed by atoms with Crippen molar-refractivity contribution in [2.45, 2.75) is 33.2 Å². The fraction of sp³-hybridized carbons (Fsp3) is 0.722. The monoisotopic (exact) mass is 384 g/mol. The van der Waals surface area contributed by atoms with Crippen molar-refractivity contribution in [1.29, 1.82) is 0 Å². The Morgan fingerprint density at radius 2 is 2.15 bits per heavy atom. The third-order valence-corrected chi connectivity index (χ3v) is 6.78. The lowest BCUT2D eigenvalue weighted by atomic mass is 9.75. The molecule has 0 aliphatic carbocycles. The number of furan rings is 1. The second-order valence-corrected chi connectivity index (χ2v) is 9.46. The highest BCUT2D eigenvalue weighted by Gasteiger charge is 2.55. The molecule has 0 radical (unpaired) electrons. The van der Waals surface area contributed by atoms with E-state index in [1.807, 2.05) is 19.1 Å². The molecule has 8 heteroatoms. The van der Waals surface area contributed by atoms with Gasteiger partial charge in [-0.15, -0.1) is 0 Å². The van der Waals surface area contributed by atoms with Gasteiger partial charge in [-0.05, 0) is 45.4 Å². The van der Waals surface area contributed by atoms with Gasteiger partial charge in [0.1, 0.15) is 11.5 Å². The fourth-order valence-corrected chi connectivity index (χ4v) is 5.18. The highest BCUT2D eigenvalue weighted by Crippen LogP contribution is 2.44. The minimum Gasteiger partial charge on any atom is -0.466 e. The van der Waals surface area contributed by atoms with Crippen LogP contribution in [0.5, 0.6) is 0 Å². The molecule has 2 aliphatic heterocycles. The normalized spacial score (nSPS) is 27.9. The number of ether oxygens (including phenoxy) is 1. The van der Waals surface area contributed by atoms with Crippen molar-refractivity contribution in [3.63, 3.8) is 0 Å². The molecule has 0 bridgehead atoms. The Kier molecular flexibility index (Phi) is 5.46. The smallest absolute Gasteiger partial charge is 0.313 e. The van der Waals surface area contributed by atoms with Crippen molar-refractivity contribution >= 4 is 16.0 Å². The minimum absolute atomic E-state index is 0.0742. The maximum absolute atomic E-state index is 12.8. The van der Waals surface area contributed by atoms with Crippen LogP contribution >= 0.6 is 0 Å². The van der Waals surface area contributed by atoms with Crippen molar-refractivity contribution in [1.82, 2.24) is 9.21 Å². The number of carbonyl (C=O) groups is 1. The first-order chi connectivity index (χ1) is 12.2. The van der Waals surface area contributed by atoms with Crippen LogP contribution in [0.2, 0.25) is 0 Å². The van der Waals surface area contributed by atoms with E-state index in [1.54, 1.807) is 6.92 Å². The number of rotatable bonds is 5. The third kappa shape index (κ3) is 3.82. The van der Waals surface area contributed by atoms with Crippen LogP contribution in [-0.2, 0) is 26.1 Å². The number of hydrogen-bond acceptors (Lipinski definition) is 6. The molecule has 0 aromatic carbocycles. The lowest BCUT2D eigenvalue weighted by molar-refractivity contribution is -0.157. The molecule has 0 saturated carbocycles. The largest absolute Gasteiger partial charge is 0.466 e. The van der Waals surface area contributed by atoms with E-state index in [-0.39, 0.29) is 18.4 Å². The lowest BCUT2D eigenvalue weighted by Gasteiger charge is -2.31. The van der Waals surface area contributed by atoms with Crippen LogP contribution < -0.4 is 0 Å². The summed E-state index contributed by atoms with van der Waals surface area (Å²) in [5.41, 5.74) is -0.743. The molecule has 146 valence electrons. The molecule has 0 spiro atoms. The maximum Gasteiger partial charge on any atom is 0.313 e. The van der Waals surface area contributed by atoms with Gasteiger partial charge in [0, 0.05) is 25.6 Å². The van der Waals surface area contributed by atoms with Gasteiger partial charge in [0.15, 0.2) is 0 Å². The number of fused-ring (bicyclic) bond motifs is 1. The highest BCUT2D eigenvalue weighted by atomic mass is 32.2. The number of likely N-dealkylation sites (tertiary alicyclic amines) is 1. The number of sulfonamides is 1. The Labute approximate surface area is 155 Å². The van der Waals surface area contributed by atoms with Gasteiger partial charge in [0.2, 0.25) is 10.0 Å². The molecule has 3 rings (SSSR count). The van der Waals surface area contributed by atoms with Crippen LogP contribution in [0.15, 0.2) is 16.5 Å². The van der Waals surface area contributed by atoms with Gasteiger partial charge in [-0.25, -0.2) is 12.7 Å². The summed E-state index contributed by atoms with van der Waals surface area (Å²) in [6, 6.07) is 3.91. The maximum atomic E-state index is 12.8. The predicted molar refractivity (Wildman–Crippen MR) is 96.9 cm³/mol. The minimum atomic E-state index is -3.34. The first kappa shape index (κ1) is 19.4. The zero-order chi connectivity index (χ0) is 18.9. The Bertz CT molecular complexity index is 759. The number of esters is 1. The number of nitrogens with zero attached hydrogens (tertiary/aromatic N) is 2. The van der Waals surface area contributed by atoms with E-state index >= 15 is 0 Å². The molecule has 2 fully saturated rings. The highest BCUT2D eigenvalue weighted by molar-refractivity contribution is 7.88. The van der Waals surface area contributed by atoms with E-state index in [0.717, 1.165) is 24.5 Å². The Balaban J connectivity index is 1.83. The van der Waals surface area contributed by atoms with Gasteiger partial charge in [0.05, 0.1) is 24.8 Å². The molecule has 0 unspecified atom stereocenters. The molecule has 2 aliphatic rings. The van der Waals surface area contributed by atoms with Gasteiger partial charge >= 0.3 is 5.97 Å².